The molecule has 8 nitrogen and oxygen atoms in total. The van der Waals surface area contributed by atoms with Gasteiger partial charge in [0.25, 0.3) is 0 Å². The van der Waals surface area contributed by atoms with Crippen molar-refractivity contribution in [2.45, 2.75) is 130 Å². The summed E-state index contributed by atoms with van der Waals surface area (Å²) in [5.41, 5.74) is 0. The summed E-state index contributed by atoms with van der Waals surface area (Å²) in [6.07, 6.45) is 20.6. The molecule has 0 spiro atoms. The second-order valence-electron chi connectivity index (χ2n) is 10.9. The van der Waals surface area contributed by atoms with E-state index in [0.717, 1.165) is 12.8 Å². The monoisotopic (exact) mass is 590 g/mol. The molecule has 0 aliphatic carbocycles. The Morgan fingerprint density at radius 3 is 1.12 bits per heavy atom. The van der Waals surface area contributed by atoms with Crippen LogP contribution in [0.4, 0.5) is 0 Å². The predicted molar refractivity (Wildman–Crippen MR) is 166 cm³/mol. The Bertz CT molecular complexity index is 504. The van der Waals surface area contributed by atoms with Gasteiger partial charge in [0.15, 0.2) is 0 Å². The molecule has 0 aromatic rings. The topological polar surface area (TPSA) is 81.7 Å². The Morgan fingerprint density at radius 1 is 0.439 bits per heavy atom. The van der Waals surface area contributed by atoms with Gasteiger partial charge in [0.1, 0.15) is 6.61 Å². The zero-order valence-corrected chi connectivity index (χ0v) is 27.1. The molecule has 8 heteroatoms. The molecular formula is C33H66O8. The number of esters is 1. The number of hydrogen-bond donors (Lipinski definition) is 0. The van der Waals surface area contributed by atoms with Crippen LogP contribution in [0, 0.1) is 0 Å². The third-order valence-corrected chi connectivity index (χ3v) is 6.64. The largest absolute Gasteiger partial charge is 0.463 e. The molecule has 0 aliphatic rings. The van der Waals surface area contributed by atoms with Crippen LogP contribution >= 0.6 is 0 Å². The fourth-order valence-electron chi connectivity index (χ4n) is 4.25. The summed E-state index contributed by atoms with van der Waals surface area (Å²) in [6.45, 7) is 12.3. The van der Waals surface area contributed by atoms with Crippen LogP contribution in [0.3, 0.4) is 0 Å². The summed E-state index contributed by atoms with van der Waals surface area (Å²) >= 11 is 0. The SMILES string of the molecule is CCCCCCCCCCCCCCCCCC(=O)OCCOCCOCCOCCOCCOCCOC(C)C. The molecule has 0 heterocycles. The first-order valence-electron chi connectivity index (χ1n) is 16.8. The molecule has 0 rings (SSSR count). The predicted octanol–water partition coefficient (Wildman–Crippen LogP) is 7.30. The first-order valence-corrected chi connectivity index (χ1v) is 16.8. The van der Waals surface area contributed by atoms with Crippen LogP contribution in [0.2, 0.25) is 0 Å². The van der Waals surface area contributed by atoms with E-state index in [1.165, 1.54) is 83.5 Å². The molecule has 41 heavy (non-hydrogen) atoms. The van der Waals surface area contributed by atoms with Crippen molar-refractivity contribution in [2.24, 2.45) is 0 Å². The van der Waals surface area contributed by atoms with Gasteiger partial charge < -0.3 is 33.2 Å². The minimum atomic E-state index is -0.121. The fourth-order valence-corrected chi connectivity index (χ4v) is 4.25. The highest BCUT2D eigenvalue weighted by Gasteiger charge is 2.03. The normalized spacial score (nSPS) is 11.5. The maximum Gasteiger partial charge on any atom is 0.305 e. The van der Waals surface area contributed by atoms with Gasteiger partial charge in [0, 0.05) is 6.42 Å². The minimum Gasteiger partial charge on any atom is -0.463 e. The van der Waals surface area contributed by atoms with Crippen molar-refractivity contribution in [2.75, 3.05) is 79.3 Å². The van der Waals surface area contributed by atoms with E-state index in [0.29, 0.717) is 85.7 Å². The van der Waals surface area contributed by atoms with Crippen LogP contribution in [0.5, 0.6) is 0 Å². The number of ether oxygens (including phenoxy) is 7. The maximum absolute atomic E-state index is 11.8. The van der Waals surface area contributed by atoms with Crippen molar-refractivity contribution in [3.05, 3.63) is 0 Å². The van der Waals surface area contributed by atoms with Crippen molar-refractivity contribution >= 4 is 5.97 Å². The van der Waals surface area contributed by atoms with Crippen molar-refractivity contribution in [3.8, 4) is 0 Å². The Hall–Kier alpha value is -0.770. The summed E-state index contributed by atoms with van der Waals surface area (Å²) < 4.78 is 37.9. The standard InChI is InChI=1S/C33H66O8/c1-4-5-6-7-8-9-10-11-12-13-14-15-16-17-18-19-33(34)41-31-29-39-27-25-37-23-21-35-20-22-36-24-26-38-28-30-40-32(2)3/h32H,4-31H2,1-3H3. The third-order valence-electron chi connectivity index (χ3n) is 6.64. The van der Waals surface area contributed by atoms with Crippen molar-refractivity contribution in [3.63, 3.8) is 0 Å². The Kier molecular flexibility index (Phi) is 34.8. The Labute approximate surface area is 252 Å². The highest BCUT2D eigenvalue weighted by Crippen LogP contribution is 2.13. The number of carbonyl (C=O) groups is 1. The molecule has 0 aromatic heterocycles. The number of carbonyl (C=O) groups excluding carboxylic acids is 1. The molecule has 0 aromatic carbocycles. The highest BCUT2D eigenvalue weighted by atomic mass is 16.6. The van der Waals surface area contributed by atoms with Crippen LogP contribution < -0.4 is 0 Å². The lowest BCUT2D eigenvalue weighted by molar-refractivity contribution is -0.145. The van der Waals surface area contributed by atoms with Crippen molar-refractivity contribution in [1.29, 1.82) is 0 Å². The summed E-state index contributed by atoms with van der Waals surface area (Å²) in [4.78, 5) is 11.8. The van der Waals surface area contributed by atoms with Crippen LogP contribution in [-0.4, -0.2) is 91.4 Å². The van der Waals surface area contributed by atoms with E-state index in [1.807, 2.05) is 13.8 Å². The molecule has 0 amide bonds. The molecule has 246 valence electrons. The smallest absolute Gasteiger partial charge is 0.305 e. The summed E-state index contributed by atoms with van der Waals surface area (Å²) in [5.74, 6) is -0.121. The fraction of sp³-hybridized carbons (Fsp3) is 0.970. The lowest BCUT2D eigenvalue weighted by Crippen LogP contribution is -2.15. The summed E-state index contributed by atoms with van der Waals surface area (Å²) in [6, 6.07) is 0. The molecule has 0 radical (unpaired) electrons. The molecule has 0 atom stereocenters. The zero-order chi connectivity index (χ0) is 29.9. The Balaban J connectivity index is 3.14. The summed E-state index contributed by atoms with van der Waals surface area (Å²) in [5, 5.41) is 0. The molecular weight excluding hydrogens is 524 g/mol. The van der Waals surface area contributed by atoms with Crippen LogP contribution in [0.1, 0.15) is 124 Å². The molecule has 0 saturated heterocycles. The average Bonchev–Trinajstić information content (AvgIpc) is 2.96. The van der Waals surface area contributed by atoms with Crippen LogP contribution in [0.15, 0.2) is 0 Å². The number of hydrogen-bond acceptors (Lipinski definition) is 8. The van der Waals surface area contributed by atoms with Crippen LogP contribution in [-0.2, 0) is 38.0 Å². The maximum atomic E-state index is 11.8. The van der Waals surface area contributed by atoms with E-state index < -0.39 is 0 Å². The first kappa shape index (κ1) is 40.2. The van der Waals surface area contributed by atoms with E-state index >= 15 is 0 Å². The number of unbranched alkanes of at least 4 members (excludes halogenated alkanes) is 14. The molecule has 0 saturated carbocycles. The second kappa shape index (κ2) is 35.4. The van der Waals surface area contributed by atoms with Crippen molar-refractivity contribution in [1.82, 2.24) is 0 Å². The molecule has 0 unspecified atom stereocenters. The van der Waals surface area contributed by atoms with Gasteiger partial charge in [-0.2, -0.15) is 0 Å². The average molecular weight is 591 g/mol. The molecule has 0 bridgehead atoms. The Morgan fingerprint density at radius 2 is 0.756 bits per heavy atom. The highest BCUT2D eigenvalue weighted by molar-refractivity contribution is 5.69. The van der Waals surface area contributed by atoms with Gasteiger partial charge in [-0.1, -0.05) is 96.8 Å². The molecule has 0 N–H and O–H groups in total. The van der Waals surface area contributed by atoms with Gasteiger partial charge in [-0.3, -0.25) is 4.79 Å². The van der Waals surface area contributed by atoms with Crippen LogP contribution in [0.25, 0.3) is 0 Å². The van der Waals surface area contributed by atoms with Gasteiger partial charge in [-0.05, 0) is 20.3 Å². The molecule has 0 aliphatic heterocycles. The van der Waals surface area contributed by atoms with Gasteiger partial charge >= 0.3 is 5.97 Å². The third kappa shape index (κ3) is 37.2. The second-order valence-corrected chi connectivity index (χ2v) is 10.9. The van der Waals surface area contributed by atoms with Crippen molar-refractivity contribution < 1.29 is 38.0 Å². The lowest BCUT2D eigenvalue weighted by Gasteiger charge is -2.09. The van der Waals surface area contributed by atoms with E-state index in [4.69, 9.17) is 33.2 Å². The summed E-state index contributed by atoms with van der Waals surface area (Å²) in [7, 11) is 0. The zero-order valence-electron chi connectivity index (χ0n) is 27.1. The van der Waals surface area contributed by atoms with Gasteiger partial charge in [-0.25, -0.2) is 0 Å². The van der Waals surface area contributed by atoms with E-state index in [2.05, 4.69) is 6.92 Å². The molecule has 0 fully saturated rings. The van der Waals surface area contributed by atoms with Gasteiger partial charge in [-0.15, -0.1) is 0 Å². The quantitative estimate of drug-likeness (QED) is 0.0562. The number of rotatable bonds is 35. The first-order chi connectivity index (χ1) is 20.2. The van der Waals surface area contributed by atoms with E-state index in [1.54, 1.807) is 0 Å². The van der Waals surface area contributed by atoms with E-state index in [-0.39, 0.29) is 12.1 Å². The lowest BCUT2D eigenvalue weighted by atomic mass is 10.0. The van der Waals surface area contributed by atoms with Gasteiger partial charge in [0.05, 0.1) is 78.8 Å². The minimum absolute atomic E-state index is 0.121. The van der Waals surface area contributed by atoms with E-state index in [9.17, 15) is 4.79 Å². The van der Waals surface area contributed by atoms with Gasteiger partial charge in [0.2, 0.25) is 0 Å².